The summed E-state index contributed by atoms with van der Waals surface area (Å²) in [5.41, 5.74) is 0.666. The molecule has 1 aliphatic carbocycles. The third-order valence-corrected chi connectivity index (χ3v) is 2.79. The average molecular weight is 155 g/mol. The molecule has 2 heteroatoms. The Morgan fingerprint density at radius 3 is 2.36 bits per heavy atom. The molecule has 1 aliphatic heterocycles. The predicted molar refractivity (Wildman–Crippen MR) is 44.5 cm³/mol. The van der Waals surface area contributed by atoms with Crippen LogP contribution in [0, 0.1) is 5.41 Å². The van der Waals surface area contributed by atoms with Gasteiger partial charge in [-0.3, -0.25) is 0 Å². The van der Waals surface area contributed by atoms with Crippen LogP contribution in [-0.2, 0) is 4.74 Å². The van der Waals surface area contributed by atoms with E-state index in [1.807, 2.05) is 0 Å². The summed E-state index contributed by atoms with van der Waals surface area (Å²) >= 11 is 0. The average Bonchev–Trinajstić information content (AvgIpc) is 1.71. The zero-order chi connectivity index (χ0) is 7.90. The van der Waals surface area contributed by atoms with Crippen LogP contribution in [0.1, 0.15) is 26.7 Å². The molecule has 1 heterocycles. The van der Waals surface area contributed by atoms with Crippen molar-refractivity contribution in [2.75, 3.05) is 13.1 Å². The van der Waals surface area contributed by atoms with Crippen molar-refractivity contribution >= 4 is 0 Å². The topological polar surface area (TPSA) is 21.3 Å². The SMILES string of the molecule is CC(C)OC1CC2(CNC2)C1. The molecule has 0 bridgehead atoms. The van der Waals surface area contributed by atoms with E-state index in [0.29, 0.717) is 17.6 Å². The zero-order valence-electron chi connectivity index (χ0n) is 7.39. The van der Waals surface area contributed by atoms with Crippen molar-refractivity contribution in [3.63, 3.8) is 0 Å². The molecule has 0 amide bonds. The fraction of sp³-hybridized carbons (Fsp3) is 1.00. The van der Waals surface area contributed by atoms with Crippen LogP contribution in [0.2, 0.25) is 0 Å². The van der Waals surface area contributed by atoms with Crippen molar-refractivity contribution in [3.8, 4) is 0 Å². The van der Waals surface area contributed by atoms with Crippen LogP contribution >= 0.6 is 0 Å². The summed E-state index contributed by atoms with van der Waals surface area (Å²) < 4.78 is 5.69. The number of ether oxygens (including phenoxy) is 1. The van der Waals surface area contributed by atoms with Gasteiger partial charge in [0.1, 0.15) is 0 Å². The second-order valence-corrected chi connectivity index (χ2v) is 4.32. The van der Waals surface area contributed by atoms with Crippen molar-refractivity contribution in [1.29, 1.82) is 0 Å². The Morgan fingerprint density at radius 2 is 2.00 bits per heavy atom. The zero-order valence-corrected chi connectivity index (χ0v) is 7.39. The molecule has 0 aromatic carbocycles. The molecule has 0 aromatic rings. The van der Waals surface area contributed by atoms with Crippen LogP contribution in [-0.4, -0.2) is 25.3 Å². The van der Waals surface area contributed by atoms with Crippen LogP contribution < -0.4 is 5.32 Å². The van der Waals surface area contributed by atoms with Crippen LogP contribution in [0.15, 0.2) is 0 Å². The van der Waals surface area contributed by atoms with Gasteiger partial charge in [-0.1, -0.05) is 0 Å². The number of hydrogen-bond acceptors (Lipinski definition) is 2. The molecule has 2 aliphatic rings. The van der Waals surface area contributed by atoms with Gasteiger partial charge in [-0.15, -0.1) is 0 Å². The highest BCUT2D eigenvalue weighted by atomic mass is 16.5. The predicted octanol–water partition coefficient (Wildman–Crippen LogP) is 1.16. The first-order chi connectivity index (χ1) is 5.20. The molecule has 0 unspecified atom stereocenters. The van der Waals surface area contributed by atoms with Gasteiger partial charge in [-0.05, 0) is 26.7 Å². The number of nitrogens with one attached hydrogen (secondary N) is 1. The van der Waals surface area contributed by atoms with Gasteiger partial charge in [0.2, 0.25) is 0 Å². The lowest BCUT2D eigenvalue weighted by molar-refractivity contribution is -0.122. The van der Waals surface area contributed by atoms with Crippen LogP contribution in [0.25, 0.3) is 0 Å². The van der Waals surface area contributed by atoms with Crippen molar-refractivity contribution < 1.29 is 4.74 Å². The molecule has 0 atom stereocenters. The molecule has 1 spiro atoms. The fourth-order valence-electron chi connectivity index (χ4n) is 2.15. The van der Waals surface area contributed by atoms with Gasteiger partial charge in [0.25, 0.3) is 0 Å². The van der Waals surface area contributed by atoms with Crippen LogP contribution in [0.4, 0.5) is 0 Å². The van der Waals surface area contributed by atoms with Crippen molar-refractivity contribution in [2.45, 2.75) is 38.9 Å². The Morgan fingerprint density at radius 1 is 1.36 bits per heavy atom. The molecule has 1 N–H and O–H groups in total. The van der Waals surface area contributed by atoms with Gasteiger partial charge in [-0.25, -0.2) is 0 Å². The van der Waals surface area contributed by atoms with Gasteiger partial charge >= 0.3 is 0 Å². The van der Waals surface area contributed by atoms with E-state index < -0.39 is 0 Å². The largest absolute Gasteiger partial charge is 0.376 e. The molecule has 0 radical (unpaired) electrons. The Hall–Kier alpha value is -0.0800. The molecule has 1 saturated heterocycles. The van der Waals surface area contributed by atoms with E-state index in [4.69, 9.17) is 4.74 Å². The van der Waals surface area contributed by atoms with E-state index in [1.165, 1.54) is 25.9 Å². The Kier molecular flexibility index (Phi) is 1.69. The molecular weight excluding hydrogens is 138 g/mol. The number of hydrogen-bond donors (Lipinski definition) is 1. The van der Waals surface area contributed by atoms with Gasteiger partial charge in [0.05, 0.1) is 12.2 Å². The maximum atomic E-state index is 5.69. The second kappa shape index (κ2) is 2.46. The minimum Gasteiger partial charge on any atom is -0.376 e. The van der Waals surface area contributed by atoms with E-state index in [2.05, 4.69) is 19.2 Å². The van der Waals surface area contributed by atoms with Crippen LogP contribution in [0.3, 0.4) is 0 Å². The van der Waals surface area contributed by atoms with Crippen LogP contribution in [0.5, 0.6) is 0 Å². The maximum Gasteiger partial charge on any atom is 0.0591 e. The normalized spacial score (nSPS) is 28.6. The Labute approximate surface area is 68.3 Å². The summed E-state index contributed by atoms with van der Waals surface area (Å²) in [4.78, 5) is 0. The molecule has 2 fully saturated rings. The molecule has 2 nitrogen and oxygen atoms in total. The Balaban J connectivity index is 1.71. The lowest BCUT2D eigenvalue weighted by Crippen LogP contribution is -2.62. The third-order valence-electron chi connectivity index (χ3n) is 2.79. The second-order valence-electron chi connectivity index (χ2n) is 4.32. The maximum absolute atomic E-state index is 5.69. The Bertz CT molecular complexity index is 144. The molecular formula is C9H17NO. The highest BCUT2D eigenvalue weighted by molar-refractivity contribution is 5.03. The smallest absolute Gasteiger partial charge is 0.0591 e. The first-order valence-corrected chi connectivity index (χ1v) is 4.56. The molecule has 0 aromatic heterocycles. The van der Waals surface area contributed by atoms with E-state index in [-0.39, 0.29) is 0 Å². The lowest BCUT2D eigenvalue weighted by atomic mass is 9.63. The van der Waals surface area contributed by atoms with E-state index in [9.17, 15) is 0 Å². The van der Waals surface area contributed by atoms with Crippen molar-refractivity contribution in [1.82, 2.24) is 5.32 Å². The summed E-state index contributed by atoms with van der Waals surface area (Å²) in [6.45, 7) is 6.68. The molecule has 2 rings (SSSR count). The first kappa shape index (κ1) is 7.56. The molecule has 11 heavy (non-hydrogen) atoms. The number of rotatable bonds is 2. The van der Waals surface area contributed by atoms with E-state index in [1.54, 1.807) is 0 Å². The standard InChI is InChI=1S/C9H17NO/c1-7(2)11-8-3-9(4-8)5-10-6-9/h7-8,10H,3-6H2,1-2H3. The highest BCUT2D eigenvalue weighted by Gasteiger charge is 2.48. The molecule has 64 valence electrons. The van der Waals surface area contributed by atoms with Crippen molar-refractivity contribution in [3.05, 3.63) is 0 Å². The highest BCUT2D eigenvalue weighted by Crippen LogP contribution is 2.45. The minimum absolute atomic E-state index is 0.408. The van der Waals surface area contributed by atoms with E-state index >= 15 is 0 Å². The van der Waals surface area contributed by atoms with Gasteiger partial charge in [0.15, 0.2) is 0 Å². The third kappa shape index (κ3) is 1.30. The summed E-state index contributed by atoms with van der Waals surface area (Å²) in [5, 5.41) is 3.32. The summed E-state index contributed by atoms with van der Waals surface area (Å²) in [7, 11) is 0. The van der Waals surface area contributed by atoms with Gasteiger partial charge in [-0.2, -0.15) is 0 Å². The first-order valence-electron chi connectivity index (χ1n) is 4.56. The van der Waals surface area contributed by atoms with Crippen molar-refractivity contribution in [2.24, 2.45) is 5.41 Å². The molecule has 1 saturated carbocycles. The monoisotopic (exact) mass is 155 g/mol. The summed E-state index contributed by atoms with van der Waals surface area (Å²) in [5.74, 6) is 0. The van der Waals surface area contributed by atoms with E-state index in [0.717, 1.165) is 0 Å². The quantitative estimate of drug-likeness (QED) is 0.646. The summed E-state index contributed by atoms with van der Waals surface area (Å²) in [6.07, 6.45) is 3.55. The lowest BCUT2D eigenvalue weighted by Gasteiger charge is -2.54. The minimum atomic E-state index is 0.408. The van der Waals surface area contributed by atoms with Gasteiger partial charge in [0, 0.05) is 18.5 Å². The van der Waals surface area contributed by atoms with Gasteiger partial charge < -0.3 is 10.1 Å². The fourth-order valence-corrected chi connectivity index (χ4v) is 2.15. The summed E-state index contributed by atoms with van der Waals surface area (Å²) in [6, 6.07) is 0.